The van der Waals surface area contributed by atoms with Gasteiger partial charge in [0.05, 0.1) is 4.47 Å². The van der Waals surface area contributed by atoms with Gasteiger partial charge < -0.3 is 5.32 Å². The second-order valence-corrected chi connectivity index (χ2v) is 6.95. The van der Waals surface area contributed by atoms with Gasteiger partial charge in [-0.05, 0) is 74.1 Å². The number of nitrogens with one attached hydrogen (secondary N) is 1. The van der Waals surface area contributed by atoms with Crippen LogP contribution in [0.15, 0.2) is 16.6 Å². The molecule has 108 valence electrons. The maximum Gasteiger partial charge on any atom is 0.143 e. The highest BCUT2D eigenvalue weighted by molar-refractivity contribution is 9.10. The van der Waals surface area contributed by atoms with Crippen LogP contribution in [0.25, 0.3) is 0 Å². The van der Waals surface area contributed by atoms with Crippen molar-refractivity contribution in [3.8, 4) is 0 Å². The Morgan fingerprint density at radius 2 is 1.89 bits per heavy atom. The van der Waals surface area contributed by atoms with Crippen LogP contribution in [-0.4, -0.2) is 12.1 Å². The molecule has 1 nitrogen and oxygen atoms in total. The molecule has 0 spiro atoms. The Hall–Kier alpha value is -0.480. The van der Waals surface area contributed by atoms with Gasteiger partial charge in [-0.15, -0.1) is 0 Å². The van der Waals surface area contributed by atoms with Gasteiger partial charge in [-0.25, -0.2) is 8.78 Å². The Balaban J connectivity index is 2.58. The summed E-state index contributed by atoms with van der Waals surface area (Å²) >= 11 is 3.09. The smallest absolute Gasteiger partial charge is 0.143 e. The Labute approximate surface area is 122 Å². The molecule has 0 fully saturated rings. The molecule has 1 rings (SSSR count). The van der Waals surface area contributed by atoms with E-state index in [-0.39, 0.29) is 17.0 Å². The summed E-state index contributed by atoms with van der Waals surface area (Å²) in [6.07, 6.45) is 1.31. The second-order valence-electron chi connectivity index (χ2n) is 6.10. The van der Waals surface area contributed by atoms with Crippen LogP contribution in [0.5, 0.6) is 0 Å². The van der Waals surface area contributed by atoms with Gasteiger partial charge in [-0.2, -0.15) is 0 Å². The molecule has 0 heterocycles. The SMILES string of the molecule is CC(CCNC(C)(C)C)Cc1c(F)ccc(Br)c1F. The van der Waals surface area contributed by atoms with E-state index in [4.69, 9.17) is 0 Å². The van der Waals surface area contributed by atoms with Crippen LogP contribution in [0.1, 0.15) is 39.7 Å². The van der Waals surface area contributed by atoms with Gasteiger partial charge in [0.1, 0.15) is 11.6 Å². The lowest BCUT2D eigenvalue weighted by molar-refractivity contribution is 0.389. The van der Waals surface area contributed by atoms with Crippen LogP contribution in [-0.2, 0) is 6.42 Å². The first-order valence-corrected chi connectivity index (χ1v) is 7.37. The molecule has 1 atom stereocenters. The maximum absolute atomic E-state index is 13.8. The predicted molar refractivity (Wildman–Crippen MR) is 79.3 cm³/mol. The summed E-state index contributed by atoms with van der Waals surface area (Å²) in [4.78, 5) is 0. The van der Waals surface area contributed by atoms with Crippen molar-refractivity contribution in [2.45, 2.75) is 46.1 Å². The van der Waals surface area contributed by atoms with Crippen molar-refractivity contribution in [1.82, 2.24) is 5.32 Å². The third-order valence-electron chi connectivity index (χ3n) is 2.98. The van der Waals surface area contributed by atoms with Crippen molar-refractivity contribution in [2.24, 2.45) is 5.92 Å². The largest absolute Gasteiger partial charge is 0.312 e. The van der Waals surface area contributed by atoms with E-state index in [1.807, 2.05) is 6.92 Å². The van der Waals surface area contributed by atoms with Crippen LogP contribution in [0, 0.1) is 17.6 Å². The molecule has 0 saturated carbocycles. The highest BCUT2D eigenvalue weighted by Crippen LogP contribution is 2.24. The van der Waals surface area contributed by atoms with Crippen LogP contribution in [0.3, 0.4) is 0 Å². The lowest BCUT2D eigenvalue weighted by atomic mass is 9.96. The van der Waals surface area contributed by atoms with E-state index >= 15 is 0 Å². The highest BCUT2D eigenvalue weighted by atomic mass is 79.9. The predicted octanol–water partition coefficient (Wildman–Crippen LogP) is 4.68. The molecule has 0 aromatic heterocycles. The van der Waals surface area contributed by atoms with E-state index in [0.29, 0.717) is 10.9 Å². The second kappa shape index (κ2) is 6.80. The fourth-order valence-electron chi connectivity index (χ4n) is 1.90. The molecule has 19 heavy (non-hydrogen) atoms. The van der Waals surface area contributed by atoms with Crippen molar-refractivity contribution >= 4 is 15.9 Å². The topological polar surface area (TPSA) is 12.0 Å². The fraction of sp³-hybridized carbons (Fsp3) is 0.600. The lowest BCUT2D eigenvalue weighted by Crippen LogP contribution is -2.37. The van der Waals surface area contributed by atoms with Gasteiger partial charge in [0.15, 0.2) is 0 Å². The summed E-state index contributed by atoms with van der Waals surface area (Å²) in [5, 5.41) is 3.38. The molecule has 1 aromatic carbocycles. The molecule has 0 aliphatic heterocycles. The quantitative estimate of drug-likeness (QED) is 0.771. The minimum absolute atomic E-state index is 0.0754. The zero-order valence-electron chi connectivity index (χ0n) is 12.0. The van der Waals surface area contributed by atoms with Crippen molar-refractivity contribution in [2.75, 3.05) is 6.54 Å². The first-order chi connectivity index (χ1) is 8.70. The van der Waals surface area contributed by atoms with Gasteiger partial charge >= 0.3 is 0 Å². The number of benzene rings is 1. The van der Waals surface area contributed by atoms with E-state index in [0.717, 1.165) is 13.0 Å². The normalized spacial score (nSPS) is 13.6. The van der Waals surface area contributed by atoms with Crippen molar-refractivity contribution in [3.63, 3.8) is 0 Å². The summed E-state index contributed by atoms with van der Waals surface area (Å²) in [7, 11) is 0. The molecule has 0 aliphatic carbocycles. The number of hydrogen-bond acceptors (Lipinski definition) is 1. The molecule has 0 radical (unpaired) electrons. The Bertz CT molecular complexity index is 427. The zero-order valence-corrected chi connectivity index (χ0v) is 13.6. The van der Waals surface area contributed by atoms with E-state index in [1.54, 1.807) is 0 Å². The molecule has 0 saturated heterocycles. The minimum Gasteiger partial charge on any atom is -0.312 e. The summed E-state index contributed by atoms with van der Waals surface area (Å²) in [6, 6.07) is 2.71. The van der Waals surface area contributed by atoms with Crippen molar-refractivity contribution in [3.05, 3.63) is 33.8 Å². The van der Waals surface area contributed by atoms with E-state index in [2.05, 4.69) is 42.0 Å². The summed E-state index contributed by atoms with van der Waals surface area (Å²) in [5.41, 5.74) is 0.254. The van der Waals surface area contributed by atoms with E-state index < -0.39 is 11.6 Å². The van der Waals surface area contributed by atoms with Gasteiger partial charge in [0.2, 0.25) is 0 Å². The molecule has 1 N–H and O–H groups in total. The Kier molecular flexibility index (Phi) is 5.93. The number of rotatable bonds is 5. The monoisotopic (exact) mass is 333 g/mol. The number of hydrogen-bond donors (Lipinski definition) is 1. The zero-order chi connectivity index (χ0) is 14.6. The molecular formula is C15H22BrF2N. The molecule has 0 aliphatic rings. The van der Waals surface area contributed by atoms with Crippen LogP contribution >= 0.6 is 15.9 Å². The standard InChI is InChI=1S/C15H22BrF2N/c1-10(7-8-19-15(2,3)4)9-11-13(17)6-5-12(16)14(11)18/h5-6,10,19H,7-9H2,1-4H3. The minimum atomic E-state index is -0.476. The summed E-state index contributed by atoms with van der Waals surface area (Å²) in [6.45, 7) is 9.17. The van der Waals surface area contributed by atoms with Crippen LogP contribution < -0.4 is 5.32 Å². The van der Waals surface area contributed by atoms with Gasteiger partial charge in [-0.1, -0.05) is 6.92 Å². The van der Waals surface area contributed by atoms with Gasteiger partial charge in [-0.3, -0.25) is 0 Å². The van der Waals surface area contributed by atoms with Gasteiger partial charge in [0, 0.05) is 11.1 Å². The number of halogens is 3. The van der Waals surface area contributed by atoms with Crippen molar-refractivity contribution < 1.29 is 8.78 Å². The average Bonchev–Trinajstić information content (AvgIpc) is 2.28. The Morgan fingerprint density at radius 1 is 1.26 bits per heavy atom. The van der Waals surface area contributed by atoms with E-state index in [1.165, 1.54) is 12.1 Å². The first kappa shape index (κ1) is 16.6. The summed E-state index contributed by atoms with van der Waals surface area (Å²) in [5.74, 6) is -0.708. The third kappa shape index (κ3) is 5.57. The Morgan fingerprint density at radius 3 is 2.47 bits per heavy atom. The summed E-state index contributed by atoms with van der Waals surface area (Å²) < 4.78 is 27.8. The van der Waals surface area contributed by atoms with Gasteiger partial charge in [0.25, 0.3) is 0 Å². The highest BCUT2D eigenvalue weighted by Gasteiger charge is 2.16. The third-order valence-corrected chi connectivity index (χ3v) is 3.60. The average molecular weight is 334 g/mol. The van der Waals surface area contributed by atoms with E-state index in [9.17, 15) is 8.78 Å². The van der Waals surface area contributed by atoms with Crippen molar-refractivity contribution in [1.29, 1.82) is 0 Å². The molecule has 1 unspecified atom stereocenters. The van der Waals surface area contributed by atoms with Crippen LogP contribution in [0.4, 0.5) is 8.78 Å². The molecular weight excluding hydrogens is 312 g/mol. The first-order valence-electron chi connectivity index (χ1n) is 6.58. The molecule has 0 amide bonds. The maximum atomic E-state index is 13.8. The van der Waals surface area contributed by atoms with Crippen LogP contribution in [0.2, 0.25) is 0 Å². The fourth-order valence-corrected chi connectivity index (χ4v) is 2.27. The lowest BCUT2D eigenvalue weighted by Gasteiger charge is -2.22. The molecule has 4 heteroatoms. The molecule has 0 bridgehead atoms. The molecule has 1 aromatic rings.